The van der Waals surface area contributed by atoms with Crippen LogP contribution in [0.25, 0.3) is 0 Å². The van der Waals surface area contributed by atoms with Crippen molar-refractivity contribution in [2.24, 2.45) is 5.92 Å². The van der Waals surface area contributed by atoms with Gasteiger partial charge in [0.05, 0.1) is 6.04 Å². The number of carbonyl (C=O) groups is 1. The van der Waals surface area contributed by atoms with Crippen LogP contribution in [0.1, 0.15) is 44.6 Å². The second-order valence-corrected chi connectivity index (χ2v) is 8.61. The third-order valence-electron chi connectivity index (χ3n) is 5.75. The molecule has 1 unspecified atom stereocenters. The van der Waals surface area contributed by atoms with Crippen LogP contribution in [0.2, 0.25) is 0 Å². The Hall–Kier alpha value is -2.48. The van der Waals surface area contributed by atoms with E-state index in [9.17, 15) is 4.79 Å². The highest BCUT2D eigenvalue weighted by atomic mass is 16.7. The normalized spacial score (nSPS) is 21.5. The summed E-state index contributed by atoms with van der Waals surface area (Å²) in [7, 11) is 3.14. The summed E-state index contributed by atoms with van der Waals surface area (Å²) in [6.07, 6.45) is 2.73. The van der Waals surface area contributed by atoms with Crippen molar-refractivity contribution in [1.82, 2.24) is 9.88 Å². The molecule has 0 radical (unpaired) electrons. The molecule has 0 saturated carbocycles. The van der Waals surface area contributed by atoms with Gasteiger partial charge in [-0.25, -0.2) is 0 Å². The fourth-order valence-electron chi connectivity index (χ4n) is 4.22. The van der Waals surface area contributed by atoms with Gasteiger partial charge in [0.1, 0.15) is 25.4 Å². The van der Waals surface area contributed by atoms with Crippen molar-refractivity contribution in [3.8, 4) is 5.75 Å². The molecule has 2 heterocycles. The maximum absolute atomic E-state index is 13.2. The topological polar surface area (TPSA) is 70.1 Å². The molecule has 7 heteroatoms. The average molecular weight is 443 g/mol. The van der Waals surface area contributed by atoms with Gasteiger partial charge in [-0.1, -0.05) is 44.2 Å². The standard InChI is InChI=1S/C25H34N2O5/c1-18(2)13-23-25(31-17-30-5,24(28)27(23)16-29-4)15-21-14-22(11-12-26-21)32-19(3)20-9-7-6-8-10-20/h6-12,14,18-19,23H,13,15-17H2,1-5H3/t19?,23-,25+/m0/s1. The zero-order chi connectivity index (χ0) is 23.1. The number of hydrogen-bond donors (Lipinski definition) is 0. The predicted octanol–water partition coefficient (Wildman–Crippen LogP) is 3.98. The van der Waals surface area contributed by atoms with Crippen LogP contribution in [-0.4, -0.2) is 55.2 Å². The minimum atomic E-state index is -1.03. The maximum atomic E-state index is 13.2. The second-order valence-electron chi connectivity index (χ2n) is 8.61. The van der Waals surface area contributed by atoms with Crippen molar-refractivity contribution in [2.75, 3.05) is 27.7 Å². The smallest absolute Gasteiger partial charge is 0.259 e. The molecular formula is C25H34N2O5. The molecule has 32 heavy (non-hydrogen) atoms. The first-order valence-electron chi connectivity index (χ1n) is 11.0. The summed E-state index contributed by atoms with van der Waals surface area (Å²) in [5.41, 5.74) is 0.792. The quantitative estimate of drug-likeness (QED) is 0.366. The van der Waals surface area contributed by atoms with Crippen LogP contribution in [0, 0.1) is 5.92 Å². The molecule has 3 atom stereocenters. The van der Waals surface area contributed by atoms with E-state index in [0.717, 1.165) is 17.7 Å². The van der Waals surface area contributed by atoms with E-state index in [4.69, 9.17) is 18.9 Å². The van der Waals surface area contributed by atoms with E-state index in [1.54, 1.807) is 25.3 Å². The first-order valence-corrected chi connectivity index (χ1v) is 11.0. The lowest BCUT2D eigenvalue weighted by Gasteiger charge is -2.55. The lowest BCUT2D eigenvalue weighted by atomic mass is 9.75. The SMILES string of the molecule is COCO[C@@]1(Cc2cc(OC(C)c3ccccc3)ccn2)C(=O)N(COC)[C@H]1CC(C)C. The number of amides is 1. The number of methoxy groups -OCH3 is 2. The molecule has 1 fully saturated rings. The molecular weight excluding hydrogens is 408 g/mol. The molecule has 0 N–H and O–H groups in total. The number of nitrogens with zero attached hydrogens (tertiary/aromatic N) is 2. The molecule has 0 aliphatic carbocycles. The van der Waals surface area contributed by atoms with E-state index < -0.39 is 5.60 Å². The van der Waals surface area contributed by atoms with E-state index in [1.165, 1.54) is 0 Å². The number of ether oxygens (including phenoxy) is 4. The van der Waals surface area contributed by atoms with Crippen LogP contribution in [0.4, 0.5) is 0 Å². The molecule has 2 aromatic rings. The summed E-state index contributed by atoms with van der Waals surface area (Å²) in [4.78, 5) is 19.5. The Balaban J connectivity index is 1.82. The highest BCUT2D eigenvalue weighted by molar-refractivity contribution is 5.93. The van der Waals surface area contributed by atoms with Gasteiger partial charge in [-0.05, 0) is 30.9 Å². The van der Waals surface area contributed by atoms with Crippen LogP contribution in [-0.2, 0) is 25.4 Å². The van der Waals surface area contributed by atoms with Gasteiger partial charge in [-0.2, -0.15) is 0 Å². The summed E-state index contributed by atoms with van der Waals surface area (Å²) in [5, 5.41) is 0. The Morgan fingerprint density at radius 2 is 1.84 bits per heavy atom. The van der Waals surface area contributed by atoms with E-state index in [0.29, 0.717) is 18.1 Å². The zero-order valence-electron chi connectivity index (χ0n) is 19.6. The van der Waals surface area contributed by atoms with Crippen molar-refractivity contribution < 1.29 is 23.7 Å². The third kappa shape index (κ3) is 5.28. The van der Waals surface area contributed by atoms with Crippen molar-refractivity contribution in [3.05, 3.63) is 59.9 Å². The van der Waals surface area contributed by atoms with Crippen molar-refractivity contribution in [2.45, 2.75) is 51.4 Å². The van der Waals surface area contributed by atoms with Crippen molar-refractivity contribution in [3.63, 3.8) is 0 Å². The van der Waals surface area contributed by atoms with Crippen LogP contribution < -0.4 is 4.74 Å². The molecule has 1 saturated heterocycles. The number of rotatable bonds is 12. The Kier molecular flexibility index (Phi) is 8.23. The van der Waals surface area contributed by atoms with Crippen molar-refractivity contribution >= 4 is 5.91 Å². The van der Waals surface area contributed by atoms with Gasteiger partial charge in [0.15, 0.2) is 5.60 Å². The maximum Gasteiger partial charge on any atom is 0.259 e. The minimum absolute atomic E-state index is 0.0301. The summed E-state index contributed by atoms with van der Waals surface area (Å²) in [5.74, 6) is 0.981. The number of benzene rings is 1. The number of carbonyl (C=O) groups excluding carboxylic acids is 1. The fraction of sp³-hybridized carbons (Fsp3) is 0.520. The molecule has 0 spiro atoms. The highest BCUT2D eigenvalue weighted by Gasteiger charge is 2.62. The highest BCUT2D eigenvalue weighted by Crippen LogP contribution is 2.41. The Bertz CT molecular complexity index is 876. The summed E-state index contributed by atoms with van der Waals surface area (Å²) in [6.45, 7) is 6.54. The molecule has 7 nitrogen and oxygen atoms in total. The Labute approximate surface area is 190 Å². The van der Waals surface area contributed by atoms with E-state index in [-0.39, 0.29) is 31.6 Å². The minimum Gasteiger partial charge on any atom is -0.486 e. The molecule has 1 aromatic heterocycles. The summed E-state index contributed by atoms with van der Waals surface area (Å²) < 4.78 is 22.6. The zero-order valence-corrected chi connectivity index (χ0v) is 19.6. The second kappa shape index (κ2) is 10.9. The first-order chi connectivity index (χ1) is 15.4. The predicted molar refractivity (Wildman–Crippen MR) is 121 cm³/mol. The largest absolute Gasteiger partial charge is 0.486 e. The Morgan fingerprint density at radius 3 is 2.50 bits per heavy atom. The number of pyridine rings is 1. The van der Waals surface area contributed by atoms with Crippen LogP contribution in [0.15, 0.2) is 48.7 Å². The van der Waals surface area contributed by atoms with E-state index >= 15 is 0 Å². The van der Waals surface area contributed by atoms with Gasteiger partial charge in [-0.3, -0.25) is 9.78 Å². The monoisotopic (exact) mass is 442 g/mol. The third-order valence-corrected chi connectivity index (χ3v) is 5.75. The molecule has 0 bridgehead atoms. The molecule has 1 amide bonds. The van der Waals surface area contributed by atoms with Crippen LogP contribution in [0.5, 0.6) is 5.75 Å². The van der Waals surface area contributed by atoms with E-state index in [1.807, 2.05) is 49.4 Å². The van der Waals surface area contributed by atoms with Gasteiger partial charge < -0.3 is 23.8 Å². The number of hydrogen-bond acceptors (Lipinski definition) is 6. The fourth-order valence-corrected chi connectivity index (χ4v) is 4.22. The van der Waals surface area contributed by atoms with E-state index in [2.05, 4.69) is 18.8 Å². The molecule has 1 aliphatic rings. The first kappa shape index (κ1) is 24.2. The van der Waals surface area contributed by atoms with Crippen LogP contribution >= 0.6 is 0 Å². The molecule has 1 aliphatic heterocycles. The Morgan fingerprint density at radius 1 is 1.09 bits per heavy atom. The van der Waals surface area contributed by atoms with Gasteiger partial charge >= 0.3 is 0 Å². The van der Waals surface area contributed by atoms with Crippen LogP contribution in [0.3, 0.4) is 0 Å². The van der Waals surface area contributed by atoms with Gasteiger partial charge in [0, 0.05) is 38.6 Å². The van der Waals surface area contributed by atoms with Gasteiger partial charge in [-0.15, -0.1) is 0 Å². The molecule has 174 valence electrons. The number of β-lactam (4-membered cyclic amide) rings is 1. The molecule has 1 aromatic carbocycles. The average Bonchev–Trinajstić information content (AvgIpc) is 2.79. The lowest BCUT2D eigenvalue weighted by Crippen LogP contribution is -2.76. The van der Waals surface area contributed by atoms with Crippen molar-refractivity contribution in [1.29, 1.82) is 0 Å². The van der Waals surface area contributed by atoms with Gasteiger partial charge in [0.25, 0.3) is 5.91 Å². The molecule has 3 rings (SSSR count). The number of likely N-dealkylation sites (tertiary alicyclic amines) is 1. The van der Waals surface area contributed by atoms with Gasteiger partial charge in [0.2, 0.25) is 0 Å². The lowest BCUT2D eigenvalue weighted by molar-refractivity contribution is -0.235. The summed E-state index contributed by atoms with van der Waals surface area (Å²) in [6, 6.07) is 13.6. The summed E-state index contributed by atoms with van der Waals surface area (Å²) >= 11 is 0. The number of aromatic nitrogens is 1.